The van der Waals surface area contributed by atoms with Crippen molar-refractivity contribution in [2.24, 2.45) is 0 Å². The topological polar surface area (TPSA) is 0 Å². The summed E-state index contributed by atoms with van der Waals surface area (Å²) in [5.41, 5.74) is 8.54. The van der Waals surface area contributed by atoms with Crippen molar-refractivity contribution in [2.45, 2.75) is 57.8 Å². The summed E-state index contributed by atoms with van der Waals surface area (Å²) in [4.78, 5) is 0. The fraction of sp³-hybridized carbons (Fsp3) is 0.375. The van der Waals surface area contributed by atoms with Crippen molar-refractivity contribution in [3.8, 4) is 11.1 Å². The van der Waals surface area contributed by atoms with Crippen molar-refractivity contribution in [1.82, 2.24) is 0 Å². The van der Waals surface area contributed by atoms with E-state index in [0.29, 0.717) is 0 Å². The Kier molecular flexibility index (Phi) is 8.69. The van der Waals surface area contributed by atoms with Crippen molar-refractivity contribution in [3.63, 3.8) is 0 Å². The standard InChI is InChI=1S/C24H27.2ClH.Zr/c1-2-7-18-16-22-10-6-11-23(24(22)17-18)21-14-12-20(13-15-21)19-8-4-3-5-9-19;;;/h6,10-17,19H,2-5,7-9H2,1H3;2*1H;/q;;;+2/p-2. The van der Waals surface area contributed by atoms with Gasteiger partial charge in [-0.15, -0.1) is 0 Å². The molecule has 0 aliphatic heterocycles. The molecule has 0 N–H and O–H groups in total. The molecule has 0 heterocycles. The van der Waals surface area contributed by atoms with E-state index in [1.54, 1.807) is 5.56 Å². The molecule has 4 rings (SSSR count). The summed E-state index contributed by atoms with van der Waals surface area (Å²) in [5, 5.41) is 0. The summed E-state index contributed by atoms with van der Waals surface area (Å²) in [6, 6.07) is 16.1. The Morgan fingerprint density at radius 2 is 1.67 bits per heavy atom. The molecule has 0 nitrogen and oxygen atoms in total. The number of hydrogen-bond acceptors (Lipinski definition) is 0. The van der Waals surface area contributed by atoms with E-state index in [1.165, 1.54) is 72.8 Å². The number of halogens is 2. The third kappa shape index (κ3) is 5.59. The zero-order valence-corrected chi connectivity index (χ0v) is 19.9. The third-order valence-electron chi connectivity index (χ3n) is 5.65. The average Bonchev–Trinajstić information content (AvgIpc) is 3.12. The van der Waals surface area contributed by atoms with Gasteiger partial charge in [-0.05, 0) is 53.0 Å². The van der Waals surface area contributed by atoms with Crippen LogP contribution in [-0.4, -0.2) is 0 Å². The molecule has 2 aromatic carbocycles. The number of benzene rings is 2. The van der Waals surface area contributed by atoms with E-state index in [9.17, 15) is 0 Å². The van der Waals surface area contributed by atoms with Crippen LogP contribution in [-0.2, 0) is 20.8 Å². The van der Waals surface area contributed by atoms with Crippen LogP contribution in [0.4, 0.5) is 0 Å². The van der Waals surface area contributed by atoms with Crippen molar-refractivity contribution >= 4 is 23.1 Å². The molecular formula is C24H27Cl2Zr. The molecule has 0 atom stereocenters. The quantitative estimate of drug-likeness (QED) is 0.414. The van der Waals surface area contributed by atoms with E-state index in [0.717, 1.165) is 5.92 Å². The second-order valence-corrected chi connectivity index (χ2v) is 11.2. The monoisotopic (exact) mass is 475 g/mol. The molecule has 141 valence electrons. The predicted molar refractivity (Wildman–Crippen MR) is 116 cm³/mol. The van der Waals surface area contributed by atoms with Gasteiger partial charge in [-0.25, -0.2) is 0 Å². The van der Waals surface area contributed by atoms with Gasteiger partial charge in [0.1, 0.15) is 0 Å². The summed E-state index contributed by atoms with van der Waals surface area (Å²) < 4.78 is 0. The van der Waals surface area contributed by atoms with Gasteiger partial charge in [0, 0.05) is 6.42 Å². The van der Waals surface area contributed by atoms with E-state index >= 15 is 0 Å². The van der Waals surface area contributed by atoms with Crippen LogP contribution >= 0.6 is 17.0 Å². The first-order valence-corrected chi connectivity index (χ1v) is 16.3. The predicted octanol–water partition coefficient (Wildman–Crippen LogP) is 8.53. The summed E-state index contributed by atoms with van der Waals surface area (Å²) in [6.07, 6.45) is 14.1. The maximum atomic E-state index is 4.93. The molecule has 0 saturated heterocycles. The van der Waals surface area contributed by atoms with Crippen LogP contribution < -0.4 is 0 Å². The van der Waals surface area contributed by atoms with Gasteiger partial charge in [0.05, 0.1) is 0 Å². The summed E-state index contributed by atoms with van der Waals surface area (Å²) in [7, 11) is 9.87. The Bertz CT molecular complexity index is 758. The van der Waals surface area contributed by atoms with Gasteiger partial charge in [0.15, 0.2) is 0 Å². The van der Waals surface area contributed by atoms with Gasteiger partial charge in [-0.2, -0.15) is 0 Å². The Hall–Kier alpha value is -0.357. The van der Waals surface area contributed by atoms with Crippen molar-refractivity contribution in [1.29, 1.82) is 0 Å². The minimum atomic E-state index is -0.826. The van der Waals surface area contributed by atoms with Crippen LogP contribution in [0.15, 0.2) is 48.0 Å². The molecule has 2 aliphatic carbocycles. The number of rotatable bonds is 4. The second kappa shape index (κ2) is 11.0. The molecule has 2 aliphatic rings. The molecule has 1 saturated carbocycles. The average molecular weight is 478 g/mol. The zero-order chi connectivity index (χ0) is 19.1. The number of hydrogen-bond donors (Lipinski definition) is 0. The second-order valence-electron chi connectivity index (χ2n) is 7.45. The Balaban J connectivity index is 0.000000659. The van der Waals surface area contributed by atoms with E-state index in [1.807, 2.05) is 0 Å². The SMILES string of the molecule is CCCC1=Cc2c(cccc2-c2ccc(C3CCCCC3)cc2)[CH]1.[Cl][Zr][Cl]. The van der Waals surface area contributed by atoms with Crippen LogP contribution in [0.2, 0.25) is 0 Å². The van der Waals surface area contributed by atoms with E-state index < -0.39 is 20.8 Å². The van der Waals surface area contributed by atoms with Crippen molar-refractivity contribution in [2.75, 3.05) is 0 Å². The maximum absolute atomic E-state index is 4.93. The molecule has 0 spiro atoms. The van der Waals surface area contributed by atoms with Gasteiger partial charge in [-0.3, -0.25) is 0 Å². The molecule has 3 heteroatoms. The summed E-state index contributed by atoms with van der Waals surface area (Å²) >= 11 is -0.826. The van der Waals surface area contributed by atoms with E-state index in [-0.39, 0.29) is 0 Å². The molecular weight excluding hydrogens is 450 g/mol. The van der Waals surface area contributed by atoms with Gasteiger partial charge < -0.3 is 0 Å². The van der Waals surface area contributed by atoms with Crippen LogP contribution in [0, 0.1) is 6.42 Å². The molecule has 0 unspecified atom stereocenters. The van der Waals surface area contributed by atoms with Gasteiger partial charge in [-0.1, -0.05) is 86.7 Å². The first-order chi connectivity index (χ1) is 13.3. The first kappa shape index (κ1) is 21.4. The minimum absolute atomic E-state index is 0.790. The third-order valence-corrected chi connectivity index (χ3v) is 5.65. The molecule has 1 radical (unpaired) electrons. The Morgan fingerprint density at radius 1 is 0.963 bits per heavy atom. The van der Waals surface area contributed by atoms with Gasteiger partial charge in [0.25, 0.3) is 0 Å². The molecule has 2 aromatic rings. The van der Waals surface area contributed by atoms with Crippen molar-refractivity contribution in [3.05, 3.63) is 71.1 Å². The van der Waals surface area contributed by atoms with Crippen LogP contribution in [0.5, 0.6) is 0 Å². The normalized spacial score (nSPS) is 16.2. The molecule has 0 aromatic heterocycles. The van der Waals surface area contributed by atoms with E-state index in [2.05, 4.69) is 61.9 Å². The fourth-order valence-corrected chi connectivity index (χ4v) is 4.35. The van der Waals surface area contributed by atoms with Crippen LogP contribution in [0.25, 0.3) is 17.2 Å². The number of fused-ring (bicyclic) bond motifs is 1. The molecule has 27 heavy (non-hydrogen) atoms. The fourth-order valence-electron chi connectivity index (χ4n) is 4.35. The van der Waals surface area contributed by atoms with Gasteiger partial charge >= 0.3 is 37.9 Å². The van der Waals surface area contributed by atoms with Crippen molar-refractivity contribution < 1.29 is 20.8 Å². The Labute approximate surface area is 183 Å². The zero-order valence-electron chi connectivity index (χ0n) is 16.0. The van der Waals surface area contributed by atoms with E-state index in [4.69, 9.17) is 17.0 Å². The Morgan fingerprint density at radius 3 is 2.33 bits per heavy atom. The summed E-state index contributed by atoms with van der Waals surface area (Å²) in [6.45, 7) is 2.25. The summed E-state index contributed by atoms with van der Waals surface area (Å²) in [5.74, 6) is 0.790. The number of allylic oxidation sites excluding steroid dienone is 1. The van der Waals surface area contributed by atoms with Crippen LogP contribution in [0.1, 0.15) is 74.5 Å². The van der Waals surface area contributed by atoms with Gasteiger partial charge in [0.2, 0.25) is 0 Å². The molecule has 1 fully saturated rings. The van der Waals surface area contributed by atoms with Crippen LogP contribution in [0.3, 0.4) is 0 Å². The molecule has 0 bridgehead atoms. The molecule has 0 amide bonds. The first-order valence-electron chi connectivity index (χ1n) is 10.0.